The maximum absolute atomic E-state index is 12.1. The van der Waals surface area contributed by atoms with Crippen LogP contribution in [0.4, 0.5) is 13.2 Å². The van der Waals surface area contributed by atoms with Gasteiger partial charge in [-0.25, -0.2) is 0 Å². The molecule has 0 amide bonds. The fraction of sp³-hybridized carbons (Fsp3) is 0.625. The van der Waals surface area contributed by atoms with E-state index in [2.05, 4.69) is 23.9 Å². The maximum Gasteiger partial charge on any atom is 0.573 e. The number of alkyl halides is 3. The van der Waals surface area contributed by atoms with Gasteiger partial charge < -0.3 is 10.1 Å². The van der Waals surface area contributed by atoms with Crippen LogP contribution in [0.2, 0.25) is 0 Å². The van der Waals surface area contributed by atoms with Gasteiger partial charge in [0.15, 0.2) is 0 Å². The van der Waals surface area contributed by atoms with Crippen LogP contribution < -0.4 is 10.1 Å². The second-order valence-corrected chi connectivity index (χ2v) is 5.19. The fourth-order valence-electron chi connectivity index (χ4n) is 2.19. The number of hydrogen-bond acceptors (Lipinski definition) is 2. The minimum atomic E-state index is -4.63. The molecule has 0 bridgehead atoms. The van der Waals surface area contributed by atoms with Gasteiger partial charge in [0.25, 0.3) is 0 Å². The van der Waals surface area contributed by atoms with Crippen molar-refractivity contribution in [3.63, 3.8) is 0 Å². The molecule has 5 heteroatoms. The molecule has 0 aromatic heterocycles. The number of rotatable bonds is 9. The molecule has 1 unspecified atom stereocenters. The molecule has 1 atom stereocenters. The third-order valence-corrected chi connectivity index (χ3v) is 3.23. The number of benzene rings is 1. The van der Waals surface area contributed by atoms with E-state index in [0.29, 0.717) is 6.04 Å². The van der Waals surface area contributed by atoms with Crippen molar-refractivity contribution in [2.24, 2.45) is 0 Å². The third-order valence-electron chi connectivity index (χ3n) is 3.23. The zero-order valence-electron chi connectivity index (χ0n) is 12.7. The Morgan fingerprint density at radius 3 is 2.29 bits per heavy atom. The molecule has 0 aliphatic carbocycles. The van der Waals surface area contributed by atoms with Gasteiger partial charge in [-0.15, -0.1) is 13.2 Å². The fourth-order valence-corrected chi connectivity index (χ4v) is 2.19. The van der Waals surface area contributed by atoms with Crippen LogP contribution in [0.3, 0.4) is 0 Å². The van der Waals surface area contributed by atoms with Crippen molar-refractivity contribution in [1.82, 2.24) is 5.32 Å². The monoisotopic (exact) mass is 303 g/mol. The predicted molar refractivity (Wildman–Crippen MR) is 78.4 cm³/mol. The van der Waals surface area contributed by atoms with E-state index in [0.717, 1.165) is 44.2 Å². The van der Waals surface area contributed by atoms with Crippen molar-refractivity contribution in [2.45, 2.75) is 58.4 Å². The molecule has 0 saturated carbocycles. The Kier molecular flexibility index (Phi) is 7.57. The molecular weight excluding hydrogens is 279 g/mol. The van der Waals surface area contributed by atoms with E-state index in [1.807, 2.05) is 0 Å². The first-order valence-electron chi connectivity index (χ1n) is 7.52. The molecule has 0 heterocycles. The van der Waals surface area contributed by atoms with Crippen molar-refractivity contribution >= 4 is 0 Å². The molecule has 120 valence electrons. The van der Waals surface area contributed by atoms with E-state index in [9.17, 15) is 13.2 Å². The van der Waals surface area contributed by atoms with Gasteiger partial charge in [-0.05, 0) is 43.5 Å². The summed E-state index contributed by atoms with van der Waals surface area (Å²) in [5, 5.41) is 3.49. The highest BCUT2D eigenvalue weighted by atomic mass is 19.4. The van der Waals surface area contributed by atoms with Gasteiger partial charge in [0.1, 0.15) is 5.75 Å². The molecular formula is C16H24F3NO. The zero-order chi connectivity index (χ0) is 15.7. The molecule has 0 spiro atoms. The number of hydrogen-bond donors (Lipinski definition) is 1. The minimum absolute atomic E-state index is 0.169. The van der Waals surface area contributed by atoms with Gasteiger partial charge in [0.05, 0.1) is 0 Å². The van der Waals surface area contributed by atoms with Gasteiger partial charge >= 0.3 is 6.36 Å². The van der Waals surface area contributed by atoms with Crippen LogP contribution in [-0.2, 0) is 6.42 Å². The van der Waals surface area contributed by atoms with Crippen LogP contribution in [0.25, 0.3) is 0 Å². The highest BCUT2D eigenvalue weighted by Gasteiger charge is 2.30. The van der Waals surface area contributed by atoms with Crippen molar-refractivity contribution in [3.05, 3.63) is 29.8 Å². The third kappa shape index (κ3) is 7.95. The van der Waals surface area contributed by atoms with Crippen LogP contribution >= 0.6 is 0 Å². The summed E-state index contributed by atoms with van der Waals surface area (Å²) in [6.45, 7) is 5.23. The Balaban J connectivity index is 2.57. The molecule has 0 aliphatic rings. The summed E-state index contributed by atoms with van der Waals surface area (Å²) in [5.41, 5.74) is 1.02. The van der Waals surface area contributed by atoms with Gasteiger partial charge in [0, 0.05) is 6.04 Å². The lowest BCUT2D eigenvalue weighted by Gasteiger charge is -2.18. The van der Waals surface area contributed by atoms with E-state index >= 15 is 0 Å². The molecule has 1 aromatic rings. The first kappa shape index (κ1) is 17.8. The Labute approximate surface area is 124 Å². The smallest absolute Gasteiger partial charge is 0.406 e. The van der Waals surface area contributed by atoms with Crippen molar-refractivity contribution < 1.29 is 17.9 Å². The van der Waals surface area contributed by atoms with E-state index in [1.165, 1.54) is 12.1 Å². The number of nitrogens with one attached hydrogen (secondary N) is 1. The van der Waals surface area contributed by atoms with E-state index < -0.39 is 6.36 Å². The summed E-state index contributed by atoms with van der Waals surface area (Å²) in [5.74, 6) is -0.169. The van der Waals surface area contributed by atoms with Crippen LogP contribution in [0, 0.1) is 0 Å². The first-order chi connectivity index (χ1) is 9.94. The van der Waals surface area contributed by atoms with Crippen LogP contribution in [0.15, 0.2) is 24.3 Å². The van der Waals surface area contributed by atoms with E-state index in [-0.39, 0.29) is 5.75 Å². The summed E-state index contributed by atoms with van der Waals surface area (Å²) < 4.78 is 40.2. The minimum Gasteiger partial charge on any atom is -0.406 e. The maximum atomic E-state index is 12.1. The molecule has 2 nitrogen and oxygen atoms in total. The van der Waals surface area contributed by atoms with Crippen molar-refractivity contribution in [3.8, 4) is 5.75 Å². The molecule has 1 rings (SSSR count). The highest BCUT2D eigenvalue weighted by Crippen LogP contribution is 2.23. The Hall–Kier alpha value is -1.23. The SMILES string of the molecule is CCCCC(Cc1ccc(OC(F)(F)F)cc1)NCCC. The standard InChI is InChI=1S/C16H24F3NO/c1-3-5-6-14(20-11-4-2)12-13-7-9-15(10-8-13)21-16(17,18)19/h7-10,14,20H,3-6,11-12H2,1-2H3. The molecule has 1 N–H and O–H groups in total. The van der Waals surface area contributed by atoms with E-state index in [1.54, 1.807) is 12.1 Å². The second kappa shape index (κ2) is 8.93. The van der Waals surface area contributed by atoms with Crippen molar-refractivity contribution in [1.29, 1.82) is 0 Å². The molecule has 0 fully saturated rings. The van der Waals surface area contributed by atoms with Gasteiger partial charge in [-0.1, -0.05) is 38.8 Å². The number of unbranched alkanes of at least 4 members (excludes halogenated alkanes) is 1. The topological polar surface area (TPSA) is 21.3 Å². The first-order valence-corrected chi connectivity index (χ1v) is 7.52. The lowest BCUT2D eigenvalue weighted by Crippen LogP contribution is -2.31. The van der Waals surface area contributed by atoms with Crippen LogP contribution in [0.5, 0.6) is 5.75 Å². The second-order valence-electron chi connectivity index (χ2n) is 5.19. The molecule has 0 radical (unpaired) electrons. The van der Waals surface area contributed by atoms with Crippen LogP contribution in [-0.4, -0.2) is 18.9 Å². The van der Waals surface area contributed by atoms with Gasteiger partial charge in [-0.3, -0.25) is 0 Å². The van der Waals surface area contributed by atoms with Crippen molar-refractivity contribution in [2.75, 3.05) is 6.54 Å². The molecule has 21 heavy (non-hydrogen) atoms. The van der Waals surface area contributed by atoms with E-state index in [4.69, 9.17) is 0 Å². The highest BCUT2D eigenvalue weighted by molar-refractivity contribution is 5.28. The number of halogens is 3. The van der Waals surface area contributed by atoms with Crippen LogP contribution in [0.1, 0.15) is 45.1 Å². The quantitative estimate of drug-likeness (QED) is 0.715. The average Bonchev–Trinajstić information content (AvgIpc) is 2.42. The zero-order valence-corrected chi connectivity index (χ0v) is 12.7. The summed E-state index contributed by atoms with van der Waals surface area (Å²) in [6, 6.07) is 6.53. The summed E-state index contributed by atoms with van der Waals surface area (Å²) in [6.07, 6.45) is 0.637. The van der Waals surface area contributed by atoms with Gasteiger partial charge in [0.2, 0.25) is 0 Å². The van der Waals surface area contributed by atoms with Gasteiger partial charge in [-0.2, -0.15) is 0 Å². The normalized spacial score (nSPS) is 13.2. The Bertz CT molecular complexity index is 382. The largest absolute Gasteiger partial charge is 0.573 e. The molecule has 0 saturated heterocycles. The molecule has 1 aromatic carbocycles. The Morgan fingerprint density at radius 1 is 1.10 bits per heavy atom. The summed E-state index contributed by atoms with van der Waals surface area (Å²) in [7, 11) is 0. The lowest BCUT2D eigenvalue weighted by atomic mass is 10.0. The molecule has 0 aliphatic heterocycles. The average molecular weight is 303 g/mol. The summed E-state index contributed by atoms with van der Waals surface area (Å²) in [4.78, 5) is 0. The lowest BCUT2D eigenvalue weighted by molar-refractivity contribution is -0.274. The number of ether oxygens (including phenoxy) is 1. The predicted octanol–water partition coefficient (Wildman–Crippen LogP) is 4.69. The summed E-state index contributed by atoms with van der Waals surface area (Å²) >= 11 is 0. The Morgan fingerprint density at radius 2 is 1.76 bits per heavy atom.